The van der Waals surface area contributed by atoms with E-state index in [0.717, 1.165) is 36.9 Å². The smallest absolute Gasteiger partial charge is 0.244 e. The highest BCUT2D eigenvalue weighted by Crippen LogP contribution is 2.12. The van der Waals surface area contributed by atoms with Gasteiger partial charge in [-0.05, 0) is 50.0 Å². The molecule has 2 rings (SSSR count). The fourth-order valence-electron chi connectivity index (χ4n) is 3.10. The molecular formula is C19H29N2O2+. The Morgan fingerprint density at radius 3 is 2.83 bits per heavy atom. The quantitative estimate of drug-likeness (QED) is 0.593. The fourth-order valence-corrected chi connectivity index (χ4v) is 3.10. The number of methoxy groups -OCH3 is 1. The second-order valence-corrected chi connectivity index (χ2v) is 6.31. The number of likely N-dealkylation sites (tertiary alicyclic amines) is 1. The van der Waals surface area contributed by atoms with Crippen LogP contribution < -0.4 is 15.0 Å². The molecule has 23 heavy (non-hydrogen) atoms. The third kappa shape index (κ3) is 6.06. The Balaban J connectivity index is 1.65. The Bertz CT molecular complexity index is 511. The molecule has 2 N–H and O–H groups in total. The number of amides is 1. The summed E-state index contributed by atoms with van der Waals surface area (Å²) in [6.07, 6.45) is 8.52. The summed E-state index contributed by atoms with van der Waals surface area (Å²) in [6.45, 7) is 5.53. The van der Waals surface area contributed by atoms with Crippen molar-refractivity contribution < 1.29 is 14.4 Å². The maximum atomic E-state index is 11.8. The average molecular weight is 317 g/mol. The zero-order valence-corrected chi connectivity index (χ0v) is 14.3. The van der Waals surface area contributed by atoms with Gasteiger partial charge in [0, 0.05) is 19.0 Å². The van der Waals surface area contributed by atoms with Gasteiger partial charge in [-0.15, -0.1) is 0 Å². The summed E-state index contributed by atoms with van der Waals surface area (Å²) in [4.78, 5) is 13.5. The highest BCUT2D eigenvalue weighted by Gasteiger charge is 2.20. The molecule has 0 bridgehead atoms. The maximum absolute atomic E-state index is 11.8. The van der Waals surface area contributed by atoms with Crippen LogP contribution in [0.1, 0.15) is 38.2 Å². The van der Waals surface area contributed by atoms with Gasteiger partial charge in [0.25, 0.3) is 0 Å². The molecule has 1 heterocycles. The lowest BCUT2D eigenvalue weighted by Gasteiger charge is -2.30. The van der Waals surface area contributed by atoms with Gasteiger partial charge in [-0.3, -0.25) is 4.79 Å². The number of hydrogen-bond acceptors (Lipinski definition) is 2. The summed E-state index contributed by atoms with van der Waals surface area (Å²) in [5.74, 6) is 0.795. The number of carbonyl (C=O) groups excluding carboxylic acids is 1. The summed E-state index contributed by atoms with van der Waals surface area (Å²) in [7, 11) is 1.64. The Morgan fingerprint density at radius 1 is 1.35 bits per heavy atom. The fraction of sp³-hybridized carbons (Fsp3) is 0.526. The molecule has 1 fully saturated rings. The minimum Gasteiger partial charge on any atom is -0.497 e. The zero-order valence-electron chi connectivity index (χ0n) is 14.3. The second kappa shape index (κ2) is 9.36. The van der Waals surface area contributed by atoms with Gasteiger partial charge in [0.05, 0.1) is 26.2 Å². The molecule has 1 aromatic carbocycles. The number of rotatable bonds is 7. The Morgan fingerprint density at radius 2 is 2.13 bits per heavy atom. The third-order valence-corrected chi connectivity index (χ3v) is 4.60. The van der Waals surface area contributed by atoms with Crippen molar-refractivity contribution in [2.45, 2.75) is 38.6 Å². The number of piperidine rings is 1. The van der Waals surface area contributed by atoms with Crippen molar-refractivity contribution in [3.63, 3.8) is 0 Å². The minimum absolute atomic E-state index is 0.0255. The molecule has 0 radical (unpaired) electrons. The average Bonchev–Trinajstić information content (AvgIpc) is 2.59. The molecule has 126 valence electrons. The van der Waals surface area contributed by atoms with E-state index in [0.29, 0.717) is 0 Å². The monoisotopic (exact) mass is 317 g/mol. The number of nitrogens with one attached hydrogen (secondary N) is 2. The van der Waals surface area contributed by atoms with Crippen LogP contribution in [0.15, 0.2) is 30.3 Å². The SMILES string of the molecule is COc1ccc(/C=C/C(=O)NCCC[NH+]2CCCC[C@H]2C)cc1. The van der Waals surface area contributed by atoms with Crippen LogP contribution in [0.2, 0.25) is 0 Å². The lowest BCUT2D eigenvalue weighted by atomic mass is 10.0. The largest absolute Gasteiger partial charge is 0.497 e. The summed E-state index contributed by atoms with van der Waals surface area (Å²) >= 11 is 0. The lowest BCUT2D eigenvalue weighted by molar-refractivity contribution is -0.928. The first kappa shape index (κ1) is 17.5. The molecule has 4 nitrogen and oxygen atoms in total. The van der Waals surface area contributed by atoms with Crippen LogP contribution in [0.4, 0.5) is 0 Å². The van der Waals surface area contributed by atoms with E-state index in [1.807, 2.05) is 30.3 Å². The molecule has 1 aliphatic rings. The van der Waals surface area contributed by atoms with Gasteiger partial charge in [0.2, 0.25) is 5.91 Å². The molecule has 1 aromatic rings. The summed E-state index contributed by atoms with van der Waals surface area (Å²) in [5.41, 5.74) is 0.993. The number of benzene rings is 1. The zero-order chi connectivity index (χ0) is 16.5. The van der Waals surface area contributed by atoms with Crippen LogP contribution in [0, 0.1) is 0 Å². The molecule has 1 saturated heterocycles. The number of ether oxygens (including phenoxy) is 1. The second-order valence-electron chi connectivity index (χ2n) is 6.31. The van der Waals surface area contributed by atoms with Crippen LogP contribution in [0.25, 0.3) is 6.08 Å². The first-order valence-electron chi connectivity index (χ1n) is 8.63. The molecule has 1 amide bonds. The lowest BCUT2D eigenvalue weighted by Crippen LogP contribution is -3.16. The molecule has 4 heteroatoms. The topological polar surface area (TPSA) is 42.8 Å². The van der Waals surface area contributed by atoms with Crippen LogP contribution in [0.5, 0.6) is 5.75 Å². The van der Waals surface area contributed by atoms with E-state index in [1.165, 1.54) is 25.8 Å². The number of carbonyl (C=O) groups is 1. The van der Waals surface area contributed by atoms with Gasteiger partial charge < -0.3 is 15.0 Å². The molecule has 1 unspecified atom stereocenters. The summed E-state index contributed by atoms with van der Waals surface area (Å²) in [5, 5.41) is 2.97. The van der Waals surface area contributed by atoms with Gasteiger partial charge in [-0.2, -0.15) is 0 Å². The highest BCUT2D eigenvalue weighted by molar-refractivity contribution is 5.91. The van der Waals surface area contributed by atoms with Gasteiger partial charge in [0.1, 0.15) is 5.75 Å². The Hall–Kier alpha value is -1.81. The van der Waals surface area contributed by atoms with Crippen LogP contribution >= 0.6 is 0 Å². The van der Waals surface area contributed by atoms with E-state index in [-0.39, 0.29) is 5.91 Å². The molecule has 0 saturated carbocycles. The highest BCUT2D eigenvalue weighted by atomic mass is 16.5. The van der Waals surface area contributed by atoms with Crippen molar-refractivity contribution in [1.29, 1.82) is 0 Å². The van der Waals surface area contributed by atoms with E-state index < -0.39 is 0 Å². The molecule has 0 aliphatic carbocycles. The maximum Gasteiger partial charge on any atom is 0.244 e. The van der Waals surface area contributed by atoms with E-state index in [2.05, 4.69) is 12.2 Å². The number of quaternary nitrogens is 1. The standard InChI is InChI=1S/C19H28N2O2/c1-16-6-3-4-14-21(16)15-5-13-20-19(22)12-9-17-7-10-18(23-2)11-8-17/h7-12,16H,3-6,13-15H2,1-2H3,(H,20,22)/p+1/b12-9+/t16-/m1/s1. The predicted molar refractivity (Wildman–Crippen MR) is 93.7 cm³/mol. The van der Waals surface area contributed by atoms with Crippen molar-refractivity contribution in [2.24, 2.45) is 0 Å². The van der Waals surface area contributed by atoms with Crippen molar-refractivity contribution in [1.82, 2.24) is 5.32 Å². The van der Waals surface area contributed by atoms with Gasteiger partial charge in [-0.25, -0.2) is 0 Å². The molecular weight excluding hydrogens is 288 g/mol. The minimum atomic E-state index is -0.0255. The predicted octanol–water partition coefficient (Wildman–Crippen LogP) is 1.67. The molecule has 0 aromatic heterocycles. The Kier molecular flexibility index (Phi) is 7.14. The molecule has 0 spiro atoms. The van der Waals surface area contributed by atoms with Crippen molar-refractivity contribution >= 4 is 12.0 Å². The van der Waals surface area contributed by atoms with Crippen LogP contribution in [0.3, 0.4) is 0 Å². The van der Waals surface area contributed by atoms with E-state index in [9.17, 15) is 4.79 Å². The normalized spacial score (nSPS) is 21.3. The Labute approximate surface area is 139 Å². The van der Waals surface area contributed by atoms with Gasteiger partial charge >= 0.3 is 0 Å². The molecule has 1 aliphatic heterocycles. The van der Waals surface area contributed by atoms with Crippen molar-refractivity contribution in [3.05, 3.63) is 35.9 Å². The summed E-state index contributed by atoms with van der Waals surface area (Å²) < 4.78 is 5.11. The van der Waals surface area contributed by atoms with Crippen molar-refractivity contribution in [3.8, 4) is 5.75 Å². The van der Waals surface area contributed by atoms with E-state index >= 15 is 0 Å². The first-order valence-corrected chi connectivity index (χ1v) is 8.63. The first-order chi connectivity index (χ1) is 11.2. The molecule has 2 atom stereocenters. The summed E-state index contributed by atoms with van der Waals surface area (Å²) in [6, 6.07) is 8.42. The van der Waals surface area contributed by atoms with Gasteiger partial charge in [0.15, 0.2) is 0 Å². The van der Waals surface area contributed by atoms with E-state index in [1.54, 1.807) is 18.1 Å². The van der Waals surface area contributed by atoms with E-state index in [4.69, 9.17) is 4.74 Å². The number of hydrogen-bond donors (Lipinski definition) is 2. The van der Waals surface area contributed by atoms with Gasteiger partial charge in [-0.1, -0.05) is 12.1 Å². The third-order valence-electron chi connectivity index (χ3n) is 4.60. The van der Waals surface area contributed by atoms with Crippen LogP contribution in [-0.4, -0.2) is 38.7 Å². The van der Waals surface area contributed by atoms with Crippen LogP contribution in [-0.2, 0) is 4.79 Å². The van der Waals surface area contributed by atoms with Crippen molar-refractivity contribution in [2.75, 3.05) is 26.7 Å².